The molecule has 1 aliphatic carbocycles. The largest absolute Gasteiger partial charge is 0.348 e. The van der Waals surface area contributed by atoms with Crippen LogP contribution in [0, 0.1) is 19.8 Å². The fourth-order valence-electron chi connectivity index (χ4n) is 1.89. The topological polar surface area (TPSA) is 80.9 Å². The maximum atomic E-state index is 12.1. The molecule has 1 amide bonds. The highest BCUT2D eigenvalue weighted by Crippen LogP contribution is 2.32. The standard InChI is InChI=1S/C12H18N4O/c1-7-5-10(8(2)16-15-7)12(17)14-11(6-13)9-3-4-9/h5,9,11H,3-4,6,13H2,1-2H3,(H,14,17). The molecule has 5 heteroatoms. The molecule has 5 nitrogen and oxygen atoms in total. The Labute approximate surface area is 101 Å². The third-order valence-corrected chi connectivity index (χ3v) is 3.11. The zero-order valence-corrected chi connectivity index (χ0v) is 10.2. The average Bonchev–Trinajstić information content (AvgIpc) is 3.13. The molecule has 1 heterocycles. The smallest absolute Gasteiger partial charge is 0.253 e. The second-order valence-corrected chi connectivity index (χ2v) is 4.64. The minimum atomic E-state index is -0.0946. The fraction of sp³-hybridized carbons (Fsp3) is 0.583. The molecule has 0 saturated heterocycles. The molecule has 0 radical (unpaired) electrons. The molecule has 1 fully saturated rings. The molecule has 0 bridgehead atoms. The second-order valence-electron chi connectivity index (χ2n) is 4.64. The van der Waals surface area contributed by atoms with Crippen molar-refractivity contribution in [3.8, 4) is 0 Å². The van der Waals surface area contributed by atoms with E-state index in [-0.39, 0.29) is 11.9 Å². The number of amides is 1. The van der Waals surface area contributed by atoms with Crippen LogP contribution in [0.1, 0.15) is 34.6 Å². The first-order valence-electron chi connectivity index (χ1n) is 5.93. The lowest BCUT2D eigenvalue weighted by Crippen LogP contribution is -2.42. The number of nitrogens with zero attached hydrogens (tertiary/aromatic N) is 2. The Bertz CT molecular complexity index is 429. The molecule has 0 spiro atoms. The summed E-state index contributed by atoms with van der Waals surface area (Å²) < 4.78 is 0. The van der Waals surface area contributed by atoms with Crippen LogP contribution >= 0.6 is 0 Å². The Morgan fingerprint density at radius 1 is 1.53 bits per heavy atom. The van der Waals surface area contributed by atoms with Crippen molar-refractivity contribution in [2.24, 2.45) is 11.7 Å². The predicted octanol–water partition coefficient (Wildman–Crippen LogP) is 0.561. The number of aromatic nitrogens is 2. The first-order chi connectivity index (χ1) is 8.11. The minimum absolute atomic E-state index is 0.0929. The molecular formula is C12H18N4O. The van der Waals surface area contributed by atoms with Crippen molar-refractivity contribution in [2.75, 3.05) is 6.54 Å². The molecule has 1 unspecified atom stereocenters. The van der Waals surface area contributed by atoms with Crippen LogP contribution in [0.15, 0.2) is 6.07 Å². The Hall–Kier alpha value is -1.49. The van der Waals surface area contributed by atoms with Gasteiger partial charge < -0.3 is 11.1 Å². The number of nitrogens with two attached hydrogens (primary N) is 1. The van der Waals surface area contributed by atoms with Crippen molar-refractivity contribution < 1.29 is 4.79 Å². The summed E-state index contributed by atoms with van der Waals surface area (Å²) in [5.74, 6) is 0.461. The van der Waals surface area contributed by atoms with E-state index < -0.39 is 0 Å². The number of carbonyl (C=O) groups is 1. The van der Waals surface area contributed by atoms with Gasteiger partial charge in [-0.3, -0.25) is 4.79 Å². The molecule has 1 aromatic heterocycles. The number of rotatable bonds is 4. The molecule has 2 rings (SSSR count). The summed E-state index contributed by atoms with van der Waals surface area (Å²) >= 11 is 0. The lowest BCUT2D eigenvalue weighted by molar-refractivity contribution is 0.0932. The van der Waals surface area contributed by atoms with Gasteiger partial charge in [-0.05, 0) is 38.7 Å². The fourth-order valence-corrected chi connectivity index (χ4v) is 1.89. The Morgan fingerprint density at radius 3 is 2.82 bits per heavy atom. The van der Waals surface area contributed by atoms with E-state index in [1.165, 1.54) is 0 Å². The molecule has 1 atom stereocenters. The molecular weight excluding hydrogens is 216 g/mol. The van der Waals surface area contributed by atoms with E-state index in [1.807, 2.05) is 6.92 Å². The lowest BCUT2D eigenvalue weighted by Gasteiger charge is -2.16. The molecule has 17 heavy (non-hydrogen) atoms. The van der Waals surface area contributed by atoms with Crippen LogP contribution in [-0.4, -0.2) is 28.7 Å². The maximum Gasteiger partial charge on any atom is 0.253 e. The zero-order chi connectivity index (χ0) is 12.4. The third-order valence-electron chi connectivity index (χ3n) is 3.11. The molecule has 3 N–H and O–H groups in total. The summed E-state index contributed by atoms with van der Waals surface area (Å²) in [5.41, 5.74) is 7.66. The Morgan fingerprint density at radius 2 is 2.24 bits per heavy atom. The van der Waals surface area contributed by atoms with Gasteiger partial charge in [0, 0.05) is 12.6 Å². The van der Waals surface area contributed by atoms with E-state index >= 15 is 0 Å². The van der Waals surface area contributed by atoms with Crippen LogP contribution in [0.4, 0.5) is 0 Å². The maximum absolute atomic E-state index is 12.1. The summed E-state index contributed by atoms with van der Waals surface area (Å²) in [6.07, 6.45) is 2.32. The van der Waals surface area contributed by atoms with Gasteiger partial charge in [0.15, 0.2) is 0 Å². The van der Waals surface area contributed by atoms with E-state index in [0.717, 1.165) is 18.5 Å². The summed E-state index contributed by atoms with van der Waals surface area (Å²) in [7, 11) is 0. The number of aryl methyl sites for hydroxylation is 2. The summed E-state index contributed by atoms with van der Waals surface area (Å²) in [6.45, 7) is 4.10. The summed E-state index contributed by atoms with van der Waals surface area (Å²) in [4.78, 5) is 12.1. The monoisotopic (exact) mass is 234 g/mol. The van der Waals surface area contributed by atoms with Gasteiger partial charge >= 0.3 is 0 Å². The lowest BCUT2D eigenvalue weighted by atomic mass is 10.1. The van der Waals surface area contributed by atoms with Crippen LogP contribution in [-0.2, 0) is 0 Å². The van der Waals surface area contributed by atoms with E-state index in [2.05, 4.69) is 15.5 Å². The molecule has 0 aromatic carbocycles. The number of hydrogen-bond acceptors (Lipinski definition) is 4. The van der Waals surface area contributed by atoms with E-state index in [0.29, 0.717) is 23.7 Å². The summed E-state index contributed by atoms with van der Waals surface area (Å²) in [5, 5.41) is 10.8. The van der Waals surface area contributed by atoms with Crippen molar-refractivity contribution in [2.45, 2.75) is 32.7 Å². The van der Waals surface area contributed by atoms with Crippen LogP contribution in [0.5, 0.6) is 0 Å². The predicted molar refractivity (Wildman–Crippen MR) is 64.5 cm³/mol. The normalized spacial score (nSPS) is 16.6. The molecule has 0 aliphatic heterocycles. The van der Waals surface area contributed by atoms with Crippen molar-refractivity contribution in [1.29, 1.82) is 0 Å². The van der Waals surface area contributed by atoms with Gasteiger partial charge in [0.05, 0.1) is 17.0 Å². The summed E-state index contributed by atoms with van der Waals surface area (Å²) in [6, 6.07) is 1.85. The van der Waals surface area contributed by atoms with Gasteiger partial charge in [-0.1, -0.05) is 0 Å². The third kappa shape index (κ3) is 2.79. The second kappa shape index (κ2) is 4.79. The molecule has 1 aromatic rings. The van der Waals surface area contributed by atoms with Gasteiger partial charge in [0.2, 0.25) is 0 Å². The SMILES string of the molecule is Cc1cc(C(=O)NC(CN)C2CC2)c(C)nn1. The van der Waals surface area contributed by atoms with Gasteiger partial charge in [0.1, 0.15) is 0 Å². The number of hydrogen-bond donors (Lipinski definition) is 2. The van der Waals surface area contributed by atoms with Crippen LogP contribution in [0.3, 0.4) is 0 Å². The van der Waals surface area contributed by atoms with Crippen molar-refractivity contribution in [3.63, 3.8) is 0 Å². The molecule has 92 valence electrons. The molecule has 1 saturated carbocycles. The van der Waals surface area contributed by atoms with Crippen molar-refractivity contribution in [3.05, 3.63) is 23.0 Å². The van der Waals surface area contributed by atoms with Crippen molar-refractivity contribution >= 4 is 5.91 Å². The minimum Gasteiger partial charge on any atom is -0.348 e. The quantitative estimate of drug-likeness (QED) is 0.797. The van der Waals surface area contributed by atoms with Crippen LogP contribution in [0.2, 0.25) is 0 Å². The highest BCUT2D eigenvalue weighted by molar-refractivity contribution is 5.95. The first kappa shape index (κ1) is 12.0. The highest BCUT2D eigenvalue weighted by atomic mass is 16.1. The average molecular weight is 234 g/mol. The zero-order valence-electron chi connectivity index (χ0n) is 10.2. The van der Waals surface area contributed by atoms with Crippen LogP contribution < -0.4 is 11.1 Å². The van der Waals surface area contributed by atoms with Gasteiger partial charge in [0.25, 0.3) is 5.91 Å². The Balaban J connectivity index is 2.10. The van der Waals surface area contributed by atoms with Gasteiger partial charge in [-0.2, -0.15) is 10.2 Å². The van der Waals surface area contributed by atoms with Gasteiger partial charge in [-0.25, -0.2) is 0 Å². The Kier molecular flexibility index (Phi) is 3.38. The number of carbonyl (C=O) groups excluding carboxylic acids is 1. The van der Waals surface area contributed by atoms with Crippen LogP contribution in [0.25, 0.3) is 0 Å². The number of nitrogens with one attached hydrogen (secondary N) is 1. The van der Waals surface area contributed by atoms with Gasteiger partial charge in [-0.15, -0.1) is 0 Å². The highest BCUT2D eigenvalue weighted by Gasteiger charge is 2.31. The van der Waals surface area contributed by atoms with Crippen molar-refractivity contribution in [1.82, 2.24) is 15.5 Å². The first-order valence-corrected chi connectivity index (χ1v) is 5.93. The van der Waals surface area contributed by atoms with E-state index in [4.69, 9.17) is 5.73 Å². The molecule has 1 aliphatic rings. The van der Waals surface area contributed by atoms with E-state index in [9.17, 15) is 4.79 Å². The van der Waals surface area contributed by atoms with E-state index in [1.54, 1.807) is 13.0 Å².